The van der Waals surface area contributed by atoms with E-state index < -0.39 is 34.3 Å². The van der Waals surface area contributed by atoms with E-state index in [2.05, 4.69) is 33.8 Å². The van der Waals surface area contributed by atoms with E-state index in [0.29, 0.717) is 38.0 Å². The second kappa shape index (κ2) is 7.81. The number of hydrogen-bond acceptors (Lipinski definition) is 4. The van der Waals surface area contributed by atoms with E-state index >= 15 is 0 Å². The first-order valence-corrected chi connectivity index (χ1v) is 14.1. The van der Waals surface area contributed by atoms with Crippen LogP contribution in [0.3, 0.4) is 0 Å². The Morgan fingerprint density at radius 3 is 2.17 bits per heavy atom. The molecule has 5 aliphatic carbocycles. The predicted octanol–water partition coefficient (Wildman–Crippen LogP) is 5.27. The molecular weight excluding hydrogens is 456 g/mol. The molecule has 0 aromatic carbocycles. The summed E-state index contributed by atoms with van der Waals surface area (Å²) in [5.41, 5.74) is -1.29. The summed E-state index contributed by atoms with van der Waals surface area (Å²) in [7, 11) is 0. The minimum atomic E-state index is -0.896. The highest BCUT2D eigenvalue weighted by molar-refractivity contribution is 5.79. The molecule has 36 heavy (non-hydrogen) atoms. The predicted molar refractivity (Wildman–Crippen MR) is 136 cm³/mol. The van der Waals surface area contributed by atoms with Crippen LogP contribution >= 0.6 is 0 Å². The number of carboxylic acid groups (broad SMARTS) is 2. The highest BCUT2D eigenvalue weighted by Crippen LogP contribution is 2.75. The third kappa shape index (κ3) is 2.98. The molecule has 0 aliphatic heterocycles. The first-order valence-electron chi connectivity index (χ1n) is 14.1. The molecule has 0 bridgehead atoms. The van der Waals surface area contributed by atoms with Gasteiger partial charge in [0.15, 0.2) is 0 Å². The minimum absolute atomic E-state index is 0.00675. The Morgan fingerprint density at radius 1 is 0.889 bits per heavy atom. The fourth-order valence-electron chi connectivity index (χ4n) is 10.7. The Kier molecular flexibility index (Phi) is 5.69. The second-order valence-electron chi connectivity index (χ2n) is 14.6. The van der Waals surface area contributed by atoms with Crippen molar-refractivity contribution < 1.29 is 30.0 Å². The molecule has 0 aromatic rings. The summed E-state index contributed by atoms with van der Waals surface area (Å²) in [6.45, 7) is 11.0. The largest absolute Gasteiger partial charge is 0.481 e. The third-order valence-corrected chi connectivity index (χ3v) is 13.5. The lowest BCUT2D eigenvalue weighted by Gasteiger charge is -2.71. The van der Waals surface area contributed by atoms with Crippen LogP contribution in [0.5, 0.6) is 0 Å². The summed E-state index contributed by atoms with van der Waals surface area (Å²) >= 11 is 0. The number of fused-ring (bicyclic) bond motifs is 7. The number of rotatable bonds is 3. The minimum Gasteiger partial charge on any atom is -0.481 e. The van der Waals surface area contributed by atoms with E-state index in [1.807, 2.05) is 0 Å². The van der Waals surface area contributed by atoms with Crippen molar-refractivity contribution in [3.05, 3.63) is 11.6 Å². The molecule has 0 aromatic heterocycles. The third-order valence-electron chi connectivity index (χ3n) is 13.5. The van der Waals surface area contributed by atoms with Crippen LogP contribution < -0.4 is 0 Å². The molecule has 10 atom stereocenters. The first kappa shape index (κ1) is 26.2. The lowest BCUT2D eigenvalue weighted by atomic mass is 9.33. The van der Waals surface area contributed by atoms with Crippen molar-refractivity contribution in [2.24, 2.45) is 50.2 Å². The number of aliphatic carboxylic acids is 2. The van der Waals surface area contributed by atoms with Crippen molar-refractivity contribution in [3.8, 4) is 0 Å². The van der Waals surface area contributed by atoms with Gasteiger partial charge in [0.05, 0.1) is 23.5 Å². The monoisotopic (exact) mass is 502 g/mol. The lowest BCUT2D eigenvalue weighted by molar-refractivity contribution is -0.217. The van der Waals surface area contributed by atoms with E-state index in [4.69, 9.17) is 0 Å². The van der Waals surface area contributed by atoms with Crippen molar-refractivity contribution in [1.29, 1.82) is 0 Å². The van der Waals surface area contributed by atoms with Crippen LogP contribution in [0.1, 0.15) is 98.8 Å². The molecule has 5 aliphatic rings. The number of carbonyl (C=O) groups is 2. The Morgan fingerprint density at radius 2 is 1.56 bits per heavy atom. The summed E-state index contributed by atoms with van der Waals surface area (Å²) < 4.78 is 0. The van der Waals surface area contributed by atoms with Gasteiger partial charge in [-0.15, -0.1) is 0 Å². The topological polar surface area (TPSA) is 115 Å². The Balaban J connectivity index is 1.60. The molecule has 4 N–H and O–H groups in total. The molecule has 0 spiro atoms. The number of carboxylic acids is 2. The summed E-state index contributed by atoms with van der Waals surface area (Å²) in [4.78, 5) is 25.0. The van der Waals surface area contributed by atoms with Gasteiger partial charge in [-0.05, 0) is 105 Å². The normalized spacial score (nSPS) is 54.2. The highest BCUT2D eigenvalue weighted by atomic mass is 16.4. The van der Waals surface area contributed by atoms with E-state index in [1.165, 1.54) is 5.57 Å². The van der Waals surface area contributed by atoms with Crippen molar-refractivity contribution in [3.63, 3.8) is 0 Å². The maximum absolute atomic E-state index is 12.8. The average molecular weight is 503 g/mol. The quantitative estimate of drug-likeness (QED) is 0.391. The standard InChI is InChI=1S/C30H46O6/c1-25(23(33)34)12-14-30(24(35)36)15-13-28(4)18(19(30)16-25)6-7-21-26(2)10-9-22(32)27(3,17-31)20(26)8-11-29(21,28)5/h6,19-22,31-32H,7-17H2,1-5H3,(H,33,34)(H,35,36)/t19-,20-,21+,22-,25+,26-,27-,28+,29+,30-/m0/s1. The molecule has 4 fully saturated rings. The smallest absolute Gasteiger partial charge is 0.310 e. The van der Waals surface area contributed by atoms with E-state index in [-0.39, 0.29) is 34.7 Å². The van der Waals surface area contributed by atoms with Gasteiger partial charge >= 0.3 is 11.9 Å². The van der Waals surface area contributed by atoms with Gasteiger partial charge in [0.2, 0.25) is 0 Å². The summed E-state index contributed by atoms with van der Waals surface area (Å²) in [6, 6.07) is 0. The van der Waals surface area contributed by atoms with Crippen LogP contribution in [0.25, 0.3) is 0 Å². The fourth-order valence-corrected chi connectivity index (χ4v) is 10.7. The summed E-state index contributed by atoms with van der Waals surface area (Å²) in [6.07, 6.45) is 8.93. The zero-order valence-corrected chi connectivity index (χ0v) is 22.8. The SMILES string of the molecule is C[C@@]1(C(=O)O)CC[C@]2(C(=O)O)CC[C@]3(C)C(=CC[C@@H]4[C@@]5(C)CC[C@H](O)[C@@](C)(CO)[C@H]5CC[C@]43C)[C@@H]2C1. The Labute approximate surface area is 215 Å². The van der Waals surface area contributed by atoms with Gasteiger partial charge in [-0.1, -0.05) is 39.3 Å². The number of allylic oxidation sites excluding steroid dienone is 2. The van der Waals surface area contributed by atoms with Gasteiger partial charge in [0, 0.05) is 5.41 Å². The molecule has 0 heterocycles. The Bertz CT molecular complexity index is 1010. The van der Waals surface area contributed by atoms with E-state index in [1.54, 1.807) is 6.92 Å². The van der Waals surface area contributed by atoms with E-state index in [9.17, 15) is 30.0 Å². The van der Waals surface area contributed by atoms with Crippen LogP contribution in [0.4, 0.5) is 0 Å². The molecule has 0 unspecified atom stereocenters. The number of aliphatic hydroxyl groups excluding tert-OH is 2. The molecule has 6 nitrogen and oxygen atoms in total. The number of hydrogen-bond donors (Lipinski definition) is 4. The van der Waals surface area contributed by atoms with Gasteiger partial charge in [0.1, 0.15) is 0 Å². The maximum atomic E-state index is 12.8. The second-order valence-corrected chi connectivity index (χ2v) is 14.6. The van der Waals surface area contributed by atoms with Crippen molar-refractivity contribution in [2.45, 2.75) is 105 Å². The molecule has 0 radical (unpaired) electrons. The van der Waals surface area contributed by atoms with Crippen LogP contribution in [0.15, 0.2) is 11.6 Å². The van der Waals surface area contributed by atoms with Crippen LogP contribution in [-0.4, -0.2) is 45.1 Å². The van der Waals surface area contributed by atoms with Crippen molar-refractivity contribution in [1.82, 2.24) is 0 Å². The molecule has 0 amide bonds. The average Bonchev–Trinajstić information content (AvgIpc) is 2.82. The summed E-state index contributed by atoms with van der Waals surface area (Å²) in [5.74, 6) is -1.20. The van der Waals surface area contributed by atoms with Crippen molar-refractivity contribution in [2.75, 3.05) is 6.61 Å². The van der Waals surface area contributed by atoms with Crippen LogP contribution in [-0.2, 0) is 9.59 Å². The molecule has 5 rings (SSSR count). The lowest BCUT2D eigenvalue weighted by Crippen LogP contribution is -2.66. The Hall–Kier alpha value is -1.40. The van der Waals surface area contributed by atoms with Gasteiger partial charge in [0.25, 0.3) is 0 Å². The van der Waals surface area contributed by atoms with Gasteiger partial charge in [-0.2, -0.15) is 0 Å². The first-order chi connectivity index (χ1) is 16.6. The van der Waals surface area contributed by atoms with E-state index in [0.717, 1.165) is 32.1 Å². The molecule has 4 saturated carbocycles. The number of aliphatic hydroxyl groups is 2. The van der Waals surface area contributed by atoms with Gasteiger partial charge in [-0.3, -0.25) is 9.59 Å². The highest BCUT2D eigenvalue weighted by Gasteiger charge is 2.70. The van der Waals surface area contributed by atoms with Gasteiger partial charge in [-0.25, -0.2) is 0 Å². The van der Waals surface area contributed by atoms with Crippen LogP contribution in [0, 0.1) is 50.2 Å². The summed E-state index contributed by atoms with van der Waals surface area (Å²) in [5, 5.41) is 41.9. The van der Waals surface area contributed by atoms with Crippen molar-refractivity contribution >= 4 is 11.9 Å². The fraction of sp³-hybridized carbons (Fsp3) is 0.867. The zero-order valence-electron chi connectivity index (χ0n) is 22.8. The zero-order chi connectivity index (χ0) is 26.5. The maximum Gasteiger partial charge on any atom is 0.310 e. The molecule has 202 valence electrons. The van der Waals surface area contributed by atoms with Gasteiger partial charge < -0.3 is 20.4 Å². The molecule has 6 heteroatoms. The van der Waals surface area contributed by atoms with Crippen LogP contribution in [0.2, 0.25) is 0 Å². The molecular formula is C30H46O6. The molecule has 0 saturated heterocycles.